The van der Waals surface area contributed by atoms with Gasteiger partial charge in [0.15, 0.2) is 0 Å². The molecule has 1 heterocycles. The van der Waals surface area contributed by atoms with Gasteiger partial charge in [-0.2, -0.15) is 8.42 Å². The fourth-order valence-corrected chi connectivity index (χ4v) is 3.38. The molecule has 0 saturated heterocycles. The van der Waals surface area contributed by atoms with Crippen LogP contribution in [0.15, 0.2) is 34.9 Å². The van der Waals surface area contributed by atoms with Crippen molar-refractivity contribution < 1.29 is 13.0 Å². The SMILES string of the molecule is C/C=C1/N(CC)c2ccc(S(=O)(=O)O)cc2C1(C)C. The Morgan fingerprint density at radius 3 is 2.47 bits per heavy atom. The van der Waals surface area contributed by atoms with Gasteiger partial charge in [0, 0.05) is 23.3 Å². The van der Waals surface area contributed by atoms with E-state index < -0.39 is 10.1 Å². The maximum atomic E-state index is 11.3. The van der Waals surface area contributed by atoms with Crippen molar-refractivity contribution in [2.45, 2.75) is 38.0 Å². The molecule has 0 amide bonds. The van der Waals surface area contributed by atoms with E-state index >= 15 is 0 Å². The summed E-state index contributed by atoms with van der Waals surface area (Å²) in [6.07, 6.45) is 2.05. The average molecular weight is 281 g/mol. The third-order valence-corrected chi connectivity index (χ3v) is 4.60. The van der Waals surface area contributed by atoms with E-state index in [4.69, 9.17) is 0 Å². The van der Waals surface area contributed by atoms with Crippen LogP contribution in [0.2, 0.25) is 0 Å². The van der Waals surface area contributed by atoms with E-state index in [2.05, 4.69) is 31.7 Å². The summed E-state index contributed by atoms with van der Waals surface area (Å²) in [6.45, 7) is 8.98. The highest BCUT2D eigenvalue weighted by Crippen LogP contribution is 2.48. The van der Waals surface area contributed by atoms with E-state index in [9.17, 15) is 13.0 Å². The van der Waals surface area contributed by atoms with Crippen molar-refractivity contribution in [3.8, 4) is 0 Å². The van der Waals surface area contributed by atoms with Crippen LogP contribution in [-0.2, 0) is 15.5 Å². The first-order chi connectivity index (χ1) is 8.73. The Hall–Kier alpha value is -1.33. The van der Waals surface area contributed by atoms with Crippen LogP contribution >= 0.6 is 0 Å². The summed E-state index contributed by atoms with van der Waals surface area (Å²) in [6, 6.07) is 4.79. The fraction of sp³-hybridized carbons (Fsp3) is 0.429. The van der Waals surface area contributed by atoms with Crippen molar-refractivity contribution >= 4 is 15.8 Å². The van der Waals surface area contributed by atoms with Gasteiger partial charge in [-0.15, -0.1) is 0 Å². The Morgan fingerprint density at radius 2 is 2.00 bits per heavy atom. The molecule has 0 radical (unpaired) electrons. The number of anilines is 1. The standard InChI is InChI=1S/C14H19NO3S/c1-5-13-14(3,4)11-9-10(19(16,17)18)7-8-12(11)15(13)6-2/h5,7-9H,6H2,1-4H3,(H,16,17,18)/b13-5+. The van der Waals surface area contributed by atoms with Crippen molar-refractivity contribution in [1.29, 1.82) is 0 Å². The van der Waals surface area contributed by atoms with E-state index in [1.165, 1.54) is 6.07 Å². The number of hydrogen-bond acceptors (Lipinski definition) is 3. The molecule has 0 atom stereocenters. The third kappa shape index (κ3) is 2.07. The molecule has 0 aliphatic carbocycles. The van der Waals surface area contributed by atoms with Crippen LogP contribution in [0.1, 0.15) is 33.3 Å². The first-order valence-corrected chi connectivity index (χ1v) is 7.73. The normalized spacial score (nSPS) is 19.8. The Balaban J connectivity index is 2.71. The van der Waals surface area contributed by atoms with E-state index in [0.29, 0.717) is 0 Å². The predicted molar refractivity (Wildman–Crippen MR) is 76.1 cm³/mol. The van der Waals surface area contributed by atoms with Crippen LogP contribution in [0.4, 0.5) is 5.69 Å². The second-order valence-electron chi connectivity index (χ2n) is 5.20. The van der Waals surface area contributed by atoms with Gasteiger partial charge in [0.1, 0.15) is 0 Å². The summed E-state index contributed by atoms with van der Waals surface area (Å²) in [5.74, 6) is 0. The molecule has 0 spiro atoms. The molecule has 1 aliphatic heterocycles. The predicted octanol–water partition coefficient (Wildman–Crippen LogP) is 2.95. The second kappa shape index (κ2) is 4.35. The Kier molecular flexibility index (Phi) is 3.23. The molecule has 0 fully saturated rings. The summed E-state index contributed by atoms with van der Waals surface area (Å²) in [5, 5.41) is 0. The number of benzene rings is 1. The first-order valence-electron chi connectivity index (χ1n) is 6.29. The van der Waals surface area contributed by atoms with E-state index in [1.807, 2.05) is 6.92 Å². The fourth-order valence-electron chi connectivity index (χ4n) is 2.87. The van der Waals surface area contributed by atoms with Crippen LogP contribution < -0.4 is 4.90 Å². The molecule has 1 N–H and O–H groups in total. The zero-order valence-corrected chi connectivity index (χ0v) is 12.5. The van der Waals surface area contributed by atoms with Gasteiger partial charge in [-0.3, -0.25) is 4.55 Å². The Labute approximate surface area is 114 Å². The van der Waals surface area contributed by atoms with Crippen molar-refractivity contribution in [3.63, 3.8) is 0 Å². The molecule has 19 heavy (non-hydrogen) atoms. The zero-order chi connectivity index (χ0) is 14.4. The molecule has 1 aromatic carbocycles. The minimum atomic E-state index is -4.16. The number of likely N-dealkylation sites (N-methyl/N-ethyl adjacent to an activating group) is 1. The molecule has 4 nitrogen and oxygen atoms in total. The molecule has 0 unspecified atom stereocenters. The van der Waals surface area contributed by atoms with Crippen molar-refractivity contribution in [2.24, 2.45) is 0 Å². The van der Waals surface area contributed by atoms with Crippen molar-refractivity contribution in [2.75, 3.05) is 11.4 Å². The first kappa shape index (κ1) is 14.1. The third-order valence-electron chi connectivity index (χ3n) is 3.75. The average Bonchev–Trinajstić information content (AvgIpc) is 2.55. The summed E-state index contributed by atoms with van der Waals surface area (Å²) in [5.41, 5.74) is 2.82. The lowest BCUT2D eigenvalue weighted by Gasteiger charge is -2.25. The highest BCUT2D eigenvalue weighted by Gasteiger charge is 2.39. The van der Waals surface area contributed by atoms with Crippen LogP contribution in [0.25, 0.3) is 0 Å². The summed E-state index contributed by atoms with van der Waals surface area (Å²) >= 11 is 0. The number of fused-ring (bicyclic) bond motifs is 1. The van der Waals surface area contributed by atoms with E-state index in [0.717, 1.165) is 23.5 Å². The lowest BCUT2D eigenvalue weighted by molar-refractivity contribution is 0.483. The molecular weight excluding hydrogens is 262 g/mol. The van der Waals surface area contributed by atoms with Gasteiger partial charge in [-0.1, -0.05) is 19.9 Å². The molecule has 2 rings (SSSR count). The summed E-state index contributed by atoms with van der Waals surface area (Å²) in [7, 11) is -4.16. The quantitative estimate of drug-likeness (QED) is 0.847. The molecular formula is C14H19NO3S. The van der Waals surface area contributed by atoms with Gasteiger partial charge in [0.05, 0.1) is 4.90 Å². The van der Waals surface area contributed by atoms with Gasteiger partial charge in [0.25, 0.3) is 10.1 Å². The zero-order valence-electron chi connectivity index (χ0n) is 11.6. The van der Waals surface area contributed by atoms with Crippen LogP contribution in [0.3, 0.4) is 0 Å². The van der Waals surface area contributed by atoms with Gasteiger partial charge >= 0.3 is 0 Å². The molecule has 104 valence electrons. The van der Waals surface area contributed by atoms with E-state index in [1.54, 1.807) is 12.1 Å². The molecule has 0 aromatic heterocycles. The Bertz CT molecular complexity index is 645. The van der Waals surface area contributed by atoms with Crippen LogP contribution in [0.5, 0.6) is 0 Å². The lowest BCUT2D eigenvalue weighted by atomic mass is 9.84. The highest BCUT2D eigenvalue weighted by molar-refractivity contribution is 7.85. The van der Waals surface area contributed by atoms with E-state index in [-0.39, 0.29) is 10.3 Å². The smallest absolute Gasteiger partial charge is 0.294 e. The summed E-state index contributed by atoms with van der Waals surface area (Å²) < 4.78 is 31.7. The number of nitrogens with zero attached hydrogens (tertiary/aromatic N) is 1. The maximum Gasteiger partial charge on any atom is 0.294 e. The van der Waals surface area contributed by atoms with Crippen molar-refractivity contribution in [1.82, 2.24) is 0 Å². The van der Waals surface area contributed by atoms with Gasteiger partial charge in [-0.05, 0) is 37.6 Å². The lowest BCUT2D eigenvalue weighted by Crippen LogP contribution is -2.25. The maximum absolute atomic E-state index is 11.3. The van der Waals surface area contributed by atoms with Crippen molar-refractivity contribution in [3.05, 3.63) is 35.5 Å². The highest BCUT2D eigenvalue weighted by atomic mass is 32.2. The molecule has 1 aliphatic rings. The molecule has 5 heteroatoms. The molecule has 1 aromatic rings. The Morgan fingerprint density at radius 1 is 1.37 bits per heavy atom. The van der Waals surface area contributed by atoms with Crippen LogP contribution in [0, 0.1) is 0 Å². The van der Waals surface area contributed by atoms with Gasteiger partial charge in [-0.25, -0.2) is 0 Å². The monoisotopic (exact) mass is 281 g/mol. The topological polar surface area (TPSA) is 57.6 Å². The minimum Gasteiger partial charge on any atom is -0.345 e. The van der Waals surface area contributed by atoms with Gasteiger partial charge in [0.2, 0.25) is 0 Å². The second-order valence-corrected chi connectivity index (χ2v) is 6.62. The number of rotatable bonds is 2. The minimum absolute atomic E-state index is 0.0484. The largest absolute Gasteiger partial charge is 0.345 e. The molecule has 0 bridgehead atoms. The molecule has 0 saturated carbocycles. The van der Waals surface area contributed by atoms with Gasteiger partial charge < -0.3 is 4.90 Å². The number of allylic oxidation sites excluding steroid dienone is 2. The van der Waals surface area contributed by atoms with Crippen LogP contribution in [-0.4, -0.2) is 19.5 Å². The number of hydrogen-bond donors (Lipinski definition) is 1. The summed E-state index contributed by atoms with van der Waals surface area (Å²) in [4.78, 5) is 2.12.